The SMILES string of the molecule is CN(C)C[C@H]1c2ccccc2[C@H]2OCC[C@@H]1O2. The summed E-state index contributed by atoms with van der Waals surface area (Å²) >= 11 is 0. The van der Waals surface area contributed by atoms with Gasteiger partial charge in [-0.25, -0.2) is 0 Å². The summed E-state index contributed by atoms with van der Waals surface area (Å²) in [6.07, 6.45) is 1.18. The van der Waals surface area contributed by atoms with Crippen molar-refractivity contribution < 1.29 is 9.47 Å². The van der Waals surface area contributed by atoms with Gasteiger partial charge in [-0.3, -0.25) is 0 Å². The van der Waals surface area contributed by atoms with Crippen molar-refractivity contribution in [1.82, 2.24) is 4.90 Å². The largest absolute Gasteiger partial charge is 0.348 e. The minimum Gasteiger partial charge on any atom is -0.348 e. The quantitative estimate of drug-likeness (QED) is 0.781. The van der Waals surface area contributed by atoms with Gasteiger partial charge in [0.25, 0.3) is 0 Å². The third kappa shape index (κ3) is 1.99. The van der Waals surface area contributed by atoms with E-state index in [9.17, 15) is 0 Å². The summed E-state index contributed by atoms with van der Waals surface area (Å²) in [5, 5.41) is 0. The van der Waals surface area contributed by atoms with E-state index in [1.807, 2.05) is 0 Å². The maximum atomic E-state index is 6.01. The van der Waals surface area contributed by atoms with Crippen LogP contribution in [-0.4, -0.2) is 38.3 Å². The van der Waals surface area contributed by atoms with Gasteiger partial charge >= 0.3 is 0 Å². The smallest absolute Gasteiger partial charge is 0.184 e. The van der Waals surface area contributed by atoms with Crippen LogP contribution in [0.5, 0.6) is 0 Å². The minimum absolute atomic E-state index is 0.136. The fourth-order valence-electron chi connectivity index (χ4n) is 2.89. The average molecular weight is 233 g/mol. The topological polar surface area (TPSA) is 21.7 Å². The molecule has 0 spiro atoms. The summed E-state index contributed by atoms with van der Waals surface area (Å²) in [6.45, 7) is 1.85. The van der Waals surface area contributed by atoms with Crippen LogP contribution < -0.4 is 0 Å². The summed E-state index contributed by atoms with van der Waals surface area (Å²) in [5.74, 6) is 0.473. The van der Waals surface area contributed by atoms with Crippen molar-refractivity contribution >= 4 is 0 Å². The minimum atomic E-state index is -0.136. The number of hydrogen-bond donors (Lipinski definition) is 0. The van der Waals surface area contributed by atoms with Crippen molar-refractivity contribution in [2.75, 3.05) is 27.2 Å². The van der Waals surface area contributed by atoms with E-state index in [2.05, 4.69) is 43.3 Å². The Balaban J connectivity index is 1.99. The maximum absolute atomic E-state index is 6.01. The van der Waals surface area contributed by atoms with Crippen LogP contribution in [0.15, 0.2) is 24.3 Å². The molecule has 0 saturated carbocycles. The van der Waals surface area contributed by atoms with Crippen molar-refractivity contribution in [2.24, 2.45) is 0 Å². The number of likely N-dealkylation sites (N-methyl/N-ethyl adjacent to an activating group) is 1. The van der Waals surface area contributed by atoms with E-state index in [0.29, 0.717) is 12.0 Å². The lowest BCUT2D eigenvalue weighted by Gasteiger charge is -2.42. The van der Waals surface area contributed by atoms with Crippen LogP contribution in [0, 0.1) is 0 Å². The second kappa shape index (κ2) is 4.41. The molecule has 0 radical (unpaired) electrons. The molecule has 92 valence electrons. The summed E-state index contributed by atoms with van der Waals surface area (Å²) in [6, 6.07) is 8.53. The Morgan fingerprint density at radius 2 is 2.00 bits per heavy atom. The van der Waals surface area contributed by atoms with Gasteiger partial charge < -0.3 is 14.4 Å². The molecule has 3 rings (SSSR count). The first-order valence-corrected chi connectivity index (χ1v) is 6.26. The zero-order chi connectivity index (χ0) is 11.8. The lowest BCUT2D eigenvalue weighted by molar-refractivity contribution is -0.232. The van der Waals surface area contributed by atoms with E-state index in [-0.39, 0.29) is 6.29 Å². The van der Waals surface area contributed by atoms with Gasteiger partial charge in [-0.2, -0.15) is 0 Å². The molecule has 1 saturated heterocycles. The highest BCUT2D eigenvalue weighted by atomic mass is 16.7. The second-order valence-electron chi connectivity index (χ2n) is 5.16. The lowest BCUT2D eigenvalue weighted by Crippen LogP contribution is -2.41. The predicted molar refractivity (Wildman–Crippen MR) is 65.9 cm³/mol. The molecular weight excluding hydrogens is 214 g/mol. The van der Waals surface area contributed by atoms with Crippen molar-refractivity contribution in [3.8, 4) is 0 Å². The molecular formula is C14H19NO2. The molecule has 2 bridgehead atoms. The Morgan fingerprint density at radius 3 is 2.76 bits per heavy atom. The zero-order valence-corrected chi connectivity index (χ0v) is 10.4. The molecule has 0 aliphatic carbocycles. The molecule has 0 amide bonds. The molecule has 1 fully saturated rings. The summed E-state index contributed by atoms with van der Waals surface area (Å²) in [4.78, 5) is 2.24. The molecule has 3 atom stereocenters. The summed E-state index contributed by atoms with van der Waals surface area (Å²) in [7, 11) is 4.24. The highest BCUT2D eigenvalue weighted by Gasteiger charge is 2.38. The Hall–Kier alpha value is -0.900. The predicted octanol–water partition coefficient (Wildman–Crippen LogP) is 2.15. The van der Waals surface area contributed by atoms with E-state index in [1.165, 1.54) is 11.1 Å². The first-order valence-electron chi connectivity index (χ1n) is 6.26. The van der Waals surface area contributed by atoms with Crippen LogP contribution in [0.3, 0.4) is 0 Å². The second-order valence-corrected chi connectivity index (χ2v) is 5.16. The number of rotatable bonds is 2. The van der Waals surface area contributed by atoms with Crippen LogP contribution in [0.4, 0.5) is 0 Å². The fraction of sp³-hybridized carbons (Fsp3) is 0.571. The molecule has 1 aromatic rings. The first kappa shape index (κ1) is 11.2. The third-order valence-corrected chi connectivity index (χ3v) is 3.63. The fourth-order valence-corrected chi connectivity index (χ4v) is 2.89. The highest BCUT2D eigenvalue weighted by molar-refractivity contribution is 5.35. The van der Waals surface area contributed by atoms with Gasteiger partial charge in [-0.15, -0.1) is 0 Å². The monoisotopic (exact) mass is 233 g/mol. The van der Waals surface area contributed by atoms with E-state index < -0.39 is 0 Å². The highest BCUT2D eigenvalue weighted by Crippen LogP contribution is 2.42. The summed E-state index contributed by atoms with van der Waals surface area (Å²) < 4.78 is 11.7. The number of fused-ring (bicyclic) bond motifs is 4. The Kier molecular flexibility index (Phi) is 2.90. The van der Waals surface area contributed by atoms with Crippen LogP contribution >= 0.6 is 0 Å². The van der Waals surface area contributed by atoms with Gasteiger partial charge in [-0.1, -0.05) is 24.3 Å². The van der Waals surface area contributed by atoms with Gasteiger partial charge in [0.2, 0.25) is 0 Å². The van der Waals surface area contributed by atoms with E-state index in [0.717, 1.165) is 19.6 Å². The normalized spacial score (nSPS) is 31.4. The molecule has 17 heavy (non-hydrogen) atoms. The molecule has 2 heterocycles. The molecule has 3 heteroatoms. The van der Waals surface area contributed by atoms with Gasteiger partial charge in [0.15, 0.2) is 6.29 Å². The van der Waals surface area contributed by atoms with E-state index >= 15 is 0 Å². The van der Waals surface area contributed by atoms with Crippen LogP contribution in [0.25, 0.3) is 0 Å². The zero-order valence-electron chi connectivity index (χ0n) is 10.4. The average Bonchev–Trinajstić information content (AvgIpc) is 2.35. The molecule has 2 aliphatic heterocycles. The van der Waals surface area contributed by atoms with Gasteiger partial charge in [0, 0.05) is 18.0 Å². The number of ether oxygens (including phenoxy) is 2. The van der Waals surface area contributed by atoms with Crippen molar-refractivity contribution in [3.63, 3.8) is 0 Å². The van der Waals surface area contributed by atoms with E-state index in [4.69, 9.17) is 9.47 Å². The first-order chi connectivity index (χ1) is 8.25. The molecule has 0 N–H and O–H groups in total. The molecule has 3 nitrogen and oxygen atoms in total. The summed E-state index contributed by atoms with van der Waals surface area (Å²) in [5.41, 5.74) is 2.62. The van der Waals surface area contributed by atoms with Crippen molar-refractivity contribution in [2.45, 2.75) is 24.7 Å². The number of nitrogens with zero attached hydrogens (tertiary/aromatic N) is 1. The number of hydrogen-bond acceptors (Lipinski definition) is 3. The van der Waals surface area contributed by atoms with Crippen LogP contribution in [0.1, 0.15) is 29.8 Å². The van der Waals surface area contributed by atoms with Crippen LogP contribution in [0.2, 0.25) is 0 Å². The van der Waals surface area contributed by atoms with Crippen molar-refractivity contribution in [3.05, 3.63) is 35.4 Å². The molecule has 2 aliphatic rings. The Labute approximate surface area is 102 Å². The lowest BCUT2D eigenvalue weighted by atomic mass is 9.84. The molecule has 1 aromatic carbocycles. The maximum Gasteiger partial charge on any atom is 0.184 e. The number of benzene rings is 1. The van der Waals surface area contributed by atoms with Gasteiger partial charge in [0.1, 0.15) is 0 Å². The molecule has 0 unspecified atom stereocenters. The standard InChI is InChI=1S/C14H19NO2/c1-15(2)9-12-10-5-3-4-6-11(10)14-16-8-7-13(12)17-14/h3-6,12-14H,7-9H2,1-2H3/t12-,13-,14-/m0/s1. The van der Waals surface area contributed by atoms with Crippen molar-refractivity contribution in [1.29, 1.82) is 0 Å². The molecule has 0 aromatic heterocycles. The Morgan fingerprint density at radius 1 is 1.24 bits per heavy atom. The Bertz CT molecular complexity index is 405. The van der Waals surface area contributed by atoms with Crippen LogP contribution in [-0.2, 0) is 9.47 Å². The third-order valence-electron chi connectivity index (χ3n) is 3.63. The van der Waals surface area contributed by atoms with E-state index in [1.54, 1.807) is 0 Å². The van der Waals surface area contributed by atoms with Gasteiger partial charge in [-0.05, 0) is 26.1 Å². The van der Waals surface area contributed by atoms with Gasteiger partial charge in [0.05, 0.1) is 12.7 Å².